The van der Waals surface area contributed by atoms with Crippen molar-refractivity contribution in [2.75, 3.05) is 25.0 Å². The smallest absolute Gasteiger partial charge is 0.238 e. The van der Waals surface area contributed by atoms with E-state index in [1.54, 1.807) is 11.8 Å². The topological polar surface area (TPSA) is 61.4 Å². The summed E-state index contributed by atoms with van der Waals surface area (Å²) in [5, 5.41) is 6.49. The summed E-state index contributed by atoms with van der Waals surface area (Å²) in [6.45, 7) is 6.72. The van der Waals surface area contributed by atoms with Crippen molar-refractivity contribution in [1.29, 1.82) is 0 Å². The minimum absolute atomic E-state index is 0.0802. The van der Waals surface area contributed by atoms with Gasteiger partial charge in [0.1, 0.15) is 0 Å². The molecule has 0 unspecified atom stereocenters. The number of likely N-dealkylation sites (N-methyl/N-ethyl adjacent to an activating group) is 1. The number of nitrogens with one attached hydrogen (secondary N) is 2. The van der Waals surface area contributed by atoms with Gasteiger partial charge in [0.15, 0.2) is 0 Å². The van der Waals surface area contributed by atoms with Crippen LogP contribution in [0.1, 0.15) is 20.8 Å². The molecule has 2 aromatic rings. The highest BCUT2D eigenvalue weighted by molar-refractivity contribution is 7.99. The fourth-order valence-electron chi connectivity index (χ4n) is 2.53. The van der Waals surface area contributed by atoms with E-state index in [9.17, 15) is 9.59 Å². The van der Waals surface area contributed by atoms with Crippen LogP contribution in [-0.2, 0) is 9.59 Å². The lowest BCUT2D eigenvalue weighted by Gasteiger charge is -2.20. The fraction of sp³-hybridized carbons (Fsp3) is 0.333. The standard InChI is InChI=1S/C21H26ClN3O2S/c1-4-25(13-20(26)23-15(2)3)14-21(27)24-18-7-5-6-8-19(18)28-17-11-9-16(22)10-12-17/h5-12,15H,4,13-14H2,1-3H3,(H,23,26)(H,24,27). The van der Waals surface area contributed by atoms with Gasteiger partial charge in [0.25, 0.3) is 0 Å². The molecule has 0 saturated heterocycles. The summed E-state index contributed by atoms with van der Waals surface area (Å²) >= 11 is 7.50. The third-order valence-corrected chi connectivity index (χ3v) is 5.17. The van der Waals surface area contributed by atoms with E-state index in [1.165, 1.54) is 0 Å². The van der Waals surface area contributed by atoms with E-state index in [4.69, 9.17) is 11.6 Å². The Hall–Kier alpha value is -2.02. The number of benzene rings is 2. The summed E-state index contributed by atoms with van der Waals surface area (Å²) in [4.78, 5) is 28.3. The lowest BCUT2D eigenvalue weighted by molar-refractivity contribution is -0.123. The van der Waals surface area contributed by atoms with Gasteiger partial charge in [-0.1, -0.05) is 42.4 Å². The zero-order chi connectivity index (χ0) is 20.5. The van der Waals surface area contributed by atoms with Gasteiger partial charge in [-0.05, 0) is 56.8 Å². The maximum atomic E-state index is 12.5. The Bertz CT molecular complexity index is 796. The van der Waals surface area contributed by atoms with Gasteiger partial charge >= 0.3 is 0 Å². The van der Waals surface area contributed by atoms with E-state index in [2.05, 4.69) is 10.6 Å². The second-order valence-corrected chi connectivity index (χ2v) is 8.18. The van der Waals surface area contributed by atoms with Crippen molar-refractivity contribution in [3.63, 3.8) is 0 Å². The Labute approximate surface area is 175 Å². The predicted molar refractivity (Wildman–Crippen MR) is 116 cm³/mol. The third kappa shape index (κ3) is 7.54. The maximum absolute atomic E-state index is 12.5. The van der Waals surface area contributed by atoms with Gasteiger partial charge in [0.05, 0.1) is 18.8 Å². The van der Waals surface area contributed by atoms with Crippen LogP contribution in [0.4, 0.5) is 5.69 Å². The van der Waals surface area contributed by atoms with Crippen LogP contribution in [0.25, 0.3) is 0 Å². The highest BCUT2D eigenvalue weighted by Crippen LogP contribution is 2.33. The number of rotatable bonds is 9. The first kappa shape index (κ1) is 22.3. The van der Waals surface area contributed by atoms with Crippen molar-refractivity contribution in [1.82, 2.24) is 10.2 Å². The lowest BCUT2D eigenvalue weighted by Crippen LogP contribution is -2.42. The van der Waals surface area contributed by atoms with Crippen LogP contribution in [0.2, 0.25) is 5.02 Å². The number of halogens is 1. The molecule has 0 heterocycles. The molecule has 2 rings (SSSR count). The molecule has 0 aliphatic heterocycles. The van der Waals surface area contributed by atoms with Gasteiger partial charge in [-0.25, -0.2) is 0 Å². The second-order valence-electron chi connectivity index (χ2n) is 6.63. The molecule has 28 heavy (non-hydrogen) atoms. The average molecular weight is 420 g/mol. The van der Waals surface area contributed by atoms with Crippen LogP contribution in [0.3, 0.4) is 0 Å². The molecule has 0 saturated carbocycles. The number of carbonyl (C=O) groups is 2. The number of hydrogen-bond acceptors (Lipinski definition) is 4. The van der Waals surface area contributed by atoms with E-state index >= 15 is 0 Å². The van der Waals surface area contributed by atoms with Crippen molar-refractivity contribution in [3.8, 4) is 0 Å². The molecule has 5 nitrogen and oxygen atoms in total. The molecule has 2 aromatic carbocycles. The van der Waals surface area contributed by atoms with Gasteiger partial charge in [-0.15, -0.1) is 0 Å². The van der Waals surface area contributed by atoms with Crippen LogP contribution in [0.15, 0.2) is 58.3 Å². The van der Waals surface area contributed by atoms with Gasteiger partial charge in [0.2, 0.25) is 11.8 Å². The first-order chi connectivity index (χ1) is 13.4. The molecule has 0 aliphatic rings. The van der Waals surface area contributed by atoms with Crippen molar-refractivity contribution in [2.24, 2.45) is 0 Å². The summed E-state index contributed by atoms with van der Waals surface area (Å²) in [5.41, 5.74) is 0.745. The molecule has 7 heteroatoms. The van der Waals surface area contributed by atoms with E-state index in [0.29, 0.717) is 11.6 Å². The molecule has 0 atom stereocenters. The molecule has 0 radical (unpaired) electrons. The molecule has 2 N–H and O–H groups in total. The summed E-state index contributed by atoms with van der Waals surface area (Å²) < 4.78 is 0. The largest absolute Gasteiger partial charge is 0.353 e. The normalized spacial score (nSPS) is 10.9. The van der Waals surface area contributed by atoms with Crippen molar-refractivity contribution < 1.29 is 9.59 Å². The van der Waals surface area contributed by atoms with Crippen LogP contribution in [0, 0.1) is 0 Å². The Morgan fingerprint density at radius 2 is 1.68 bits per heavy atom. The van der Waals surface area contributed by atoms with Crippen LogP contribution in [0.5, 0.6) is 0 Å². The molecule has 0 bridgehead atoms. The molecule has 0 spiro atoms. The van der Waals surface area contributed by atoms with Crippen LogP contribution < -0.4 is 10.6 Å². The Morgan fingerprint density at radius 3 is 2.32 bits per heavy atom. The van der Waals surface area contributed by atoms with Gasteiger partial charge in [0, 0.05) is 20.9 Å². The number of amides is 2. The SMILES string of the molecule is CCN(CC(=O)Nc1ccccc1Sc1ccc(Cl)cc1)CC(=O)NC(C)C. The number of nitrogens with zero attached hydrogens (tertiary/aromatic N) is 1. The molecule has 0 aliphatic carbocycles. The molecule has 150 valence electrons. The highest BCUT2D eigenvalue weighted by Gasteiger charge is 2.15. The Morgan fingerprint density at radius 1 is 1.04 bits per heavy atom. The fourth-order valence-corrected chi connectivity index (χ4v) is 3.56. The summed E-state index contributed by atoms with van der Waals surface area (Å²) in [6.07, 6.45) is 0. The van der Waals surface area contributed by atoms with Gasteiger partial charge < -0.3 is 10.6 Å². The number of carbonyl (C=O) groups excluding carboxylic acids is 2. The minimum atomic E-state index is -0.150. The summed E-state index contributed by atoms with van der Waals surface area (Å²) in [5.74, 6) is -0.230. The van der Waals surface area contributed by atoms with E-state index < -0.39 is 0 Å². The lowest BCUT2D eigenvalue weighted by atomic mass is 10.3. The van der Waals surface area contributed by atoms with E-state index in [1.807, 2.05) is 74.2 Å². The summed E-state index contributed by atoms with van der Waals surface area (Å²) in [7, 11) is 0. The first-order valence-corrected chi connectivity index (χ1v) is 10.4. The quantitative estimate of drug-likeness (QED) is 0.637. The summed E-state index contributed by atoms with van der Waals surface area (Å²) in [6, 6.07) is 15.3. The number of hydrogen-bond donors (Lipinski definition) is 2. The zero-order valence-electron chi connectivity index (χ0n) is 16.4. The van der Waals surface area contributed by atoms with E-state index in [-0.39, 0.29) is 30.9 Å². The van der Waals surface area contributed by atoms with Gasteiger partial charge in [-0.3, -0.25) is 14.5 Å². The second kappa shape index (κ2) is 11.1. The van der Waals surface area contributed by atoms with Crippen molar-refractivity contribution >= 4 is 40.9 Å². The van der Waals surface area contributed by atoms with Crippen molar-refractivity contribution in [2.45, 2.75) is 36.6 Å². The highest BCUT2D eigenvalue weighted by atomic mass is 35.5. The van der Waals surface area contributed by atoms with Crippen molar-refractivity contribution in [3.05, 3.63) is 53.6 Å². The van der Waals surface area contributed by atoms with Crippen LogP contribution >= 0.6 is 23.4 Å². The molecule has 0 fully saturated rings. The average Bonchev–Trinajstić information content (AvgIpc) is 2.64. The zero-order valence-corrected chi connectivity index (χ0v) is 17.9. The molecular weight excluding hydrogens is 394 g/mol. The molecular formula is C21H26ClN3O2S. The third-order valence-electron chi connectivity index (χ3n) is 3.83. The molecule has 2 amide bonds. The predicted octanol–water partition coefficient (Wildman–Crippen LogP) is 4.28. The van der Waals surface area contributed by atoms with Gasteiger partial charge in [-0.2, -0.15) is 0 Å². The number of anilines is 1. The Kier molecular flexibility index (Phi) is 8.83. The molecule has 0 aromatic heterocycles. The minimum Gasteiger partial charge on any atom is -0.353 e. The van der Waals surface area contributed by atoms with Crippen LogP contribution in [-0.4, -0.2) is 42.4 Å². The number of para-hydroxylation sites is 1. The first-order valence-electron chi connectivity index (χ1n) is 9.21. The monoisotopic (exact) mass is 419 g/mol. The maximum Gasteiger partial charge on any atom is 0.238 e. The van der Waals surface area contributed by atoms with E-state index in [0.717, 1.165) is 15.5 Å². The Balaban J connectivity index is 1.99.